The molecule has 0 aliphatic carbocycles. The summed E-state index contributed by atoms with van der Waals surface area (Å²) in [5.41, 5.74) is 5.07. The number of benzene rings is 3. The summed E-state index contributed by atoms with van der Waals surface area (Å²) in [4.78, 5) is 14.9. The van der Waals surface area contributed by atoms with Gasteiger partial charge >= 0.3 is 0 Å². The number of amides is 1. The van der Waals surface area contributed by atoms with Gasteiger partial charge in [0.1, 0.15) is 6.67 Å². The third kappa shape index (κ3) is 5.65. The molecule has 150 valence electrons. The van der Waals surface area contributed by atoms with E-state index < -0.39 is 6.67 Å². The van der Waals surface area contributed by atoms with Gasteiger partial charge in [-0.1, -0.05) is 48.5 Å². The summed E-state index contributed by atoms with van der Waals surface area (Å²) in [6.07, 6.45) is 0. The van der Waals surface area contributed by atoms with E-state index in [0.29, 0.717) is 16.9 Å². The maximum absolute atomic E-state index is 12.8. The molecule has 0 atom stereocenters. The van der Waals surface area contributed by atoms with Gasteiger partial charge < -0.3 is 15.5 Å². The lowest BCUT2D eigenvalue weighted by molar-refractivity contribution is 0.102. The van der Waals surface area contributed by atoms with Gasteiger partial charge in [0.15, 0.2) is 0 Å². The molecule has 0 aliphatic heterocycles. The molecule has 0 bridgehead atoms. The van der Waals surface area contributed by atoms with E-state index >= 15 is 0 Å². The van der Waals surface area contributed by atoms with Crippen molar-refractivity contribution < 1.29 is 9.18 Å². The molecule has 0 radical (unpaired) electrons. The number of carbonyl (C=O) groups excluding carboxylic acids is 1. The fraction of sp³-hybridized carbons (Fsp3) is 0.208. The van der Waals surface area contributed by atoms with Crippen molar-refractivity contribution in [1.29, 1.82) is 0 Å². The van der Waals surface area contributed by atoms with Crippen LogP contribution in [0.5, 0.6) is 0 Å². The van der Waals surface area contributed by atoms with Gasteiger partial charge in [-0.25, -0.2) is 4.39 Å². The van der Waals surface area contributed by atoms with Crippen LogP contribution >= 0.6 is 0 Å². The fourth-order valence-corrected chi connectivity index (χ4v) is 3.12. The third-order valence-electron chi connectivity index (χ3n) is 4.50. The summed E-state index contributed by atoms with van der Waals surface area (Å²) >= 11 is 0. The number of carbonyl (C=O) groups is 1. The van der Waals surface area contributed by atoms with Crippen LogP contribution in [-0.2, 0) is 6.54 Å². The number of alkyl halides is 1. The van der Waals surface area contributed by atoms with E-state index in [4.69, 9.17) is 0 Å². The summed E-state index contributed by atoms with van der Waals surface area (Å²) < 4.78 is 12.7. The molecule has 0 saturated heterocycles. The molecule has 3 rings (SSSR count). The van der Waals surface area contributed by atoms with Crippen LogP contribution in [0.1, 0.15) is 15.9 Å². The van der Waals surface area contributed by atoms with Crippen LogP contribution in [0.25, 0.3) is 11.1 Å². The molecule has 0 spiro atoms. The molecule has 0 heterocycles. The molecule has 0 unspecified atom stereocenters. The van der Waals surface area contributed by atoms with Crippen molar-refractivity contribution in [3.05, 3.63) is 83.9 Å². The SMILES string of the molecule is CN(C)Cc1ccc(C(=O)Nc2cc(-c3ccccc3)ccc2NCC[18F])cc1. The Morgan fingerprint density at radius 2 is 1.62 bits per heavy atom. The minimum Gasteiger partial charge on any atom is -0.381 e. The number of halogens is 1. The molecule has 0 aromatic heterocycles. The van der Waals surface area contributed by atoms with E-state index in [-0.39, 0.29) is 12.5 Å². The van der Waals surface area contributed by atoms with Crippen LogP contribution in [0.4, 0.5) is 15.8 Å². The van der Waals surface area contributed by atoms with Gasteiger partial charge in [0.05, 0.1) is 11.4 Å². The third-order valence-corrected chi connectivity index (χ3v) is 4.50. The molecule has 5 heteroatoms. The van der Waals surface area contributed by atoms with Crippen molar-refractivity contribution in [1.82, 2.24) is 4.90 Å². The largest absolute Gasteiger partial charge is 0.381 e. The van der Waals surface area contributed by atoms with Gasteiger partial charge in [0.25, 0.3) is 5.91 Å². The predicted molar refractivity (Wildman–Crippen MR) is 118 cm³/mol. The smallest absolute Gasteiger partial charge is 0.255 e. The topological polar surface area (TPSA) is 44.4 Å². The Bertz CT molecular complexity index is 940. The van der Waals surface area contributed by atoms with Crippen molar-refractivity contribution in [3.8, 4) is 11.1 Å². The Hall–Kier alpha value is -3.18. The number of nitrogens with zero attached hydrogens (tertiary/aromatic N) is 1. The maximum Gasteiger partial charge on any atom is 0.255 e. The van der Waals surface area contributed by atoms with Crippen molar-refractivity contribution in [2.75, 3.05) is 37.9 Å². The first-order valence-corrected chi connectivity index (χ1v) is 9.61. The van der Waals surface area contributed by atoms with Gasteiger partial charge in [0, 0.05) is 18.7 Å². The standard InChI is InChI=1S/C24H26FN3O/c1-28(2)17-18-8-10-20(11-9-18)24(29)27-23-16-21(19-6-4-3-5-7-19)12-13-22(23)26-15-14-25/h3-13,16,26H,14-15,17H2,1-2H3,(H,27,29)/i25-1. The van der Waals surface area contributed by atoms with Crippen LogP contribution in [0.3, 0.4) is 0 Å². The minimum absolute atomic E-state index is 0.187. The summed E-state index contributed by atoms with van der Waals surface area (Å²) in [5, 5.41) is 6.01. The molecule has 1 amide bonds. The molecular formula is C24H26FN3O. The maximum atomic E-state index is 12.8. The second-order valence-electron chi connectivity index (χ2n) is 7.13. The van der Waals surface area contributed by atoms with Gasteiger partial charge in [-0.2, -0.15) is 0 Å². The van der Waals surface area contributed by atoms with Crippen LogP contribution < -0.4 is 10.6 Å². The monoisotopic (exact) mass is 390 g/mol. The first-order valence-electron chi connectivity index (χ1n) is 9.61. The van der Waals surface area contributed by atoms with Gasteiger partial charge in [-0.15, -0.1) is 0 Å². The van der Waals surface area contributed by atoms with E-state index in [9.17, 15) is 9.18 Å². The highest BCUT2D eigenvalue weighted by molar-refractivity contribution is 6.06. The summed E-state index contributed by atoms with van der Waals surface area (Å²) in [6, 6.07) is 23.2. The van der Waals surface area contributed by atoms with E-state index in [1.807, 2.05) is 86.9 Å². The van der Waals surface area contributed by atoms with Gasteiger partial charge in [-0.05, 0) is 55.1 Å². The zero-order chi connectivity index (χ0) is 20.6. The molecule has 0 aliphatic rings. The number of hydrogen-bond donors (Lipinski definition) is 2. The van der Waals surface area contributed by atoms with Crippen LogP contribution in [0.2, 0.25) is 0 Å². The van der Waals surface area contributed by atoms with Crippen molar-refractivity contribution in [2.24, 2.45) is 0 Å². The van der Waals surface area contributed by atoms with Crippen molar-refractivity contribution in [3.63, 3.8) is 0 Å². The number of nitrogens with one attached hydrogen (secondary N) is 2. The first-order chi connectivity index (χ1) is 14.1. The quantitative estimate of drug-likeness (QED) is 0.566. The Kier molecular flexibility index (Phi) is 6.98. The Morgan fingerprint density at radius 3 is 2.28 bits per heavy atom. The lowest BCUT2D eigenvalue weighted by atomic mass is 10.0. The van der Waals surface area contributed by atoms with E-state index in [1.54, 1.807) is 0 Å². The van der Waals surface area contributed by atoms with E-state index in [1.165, 1.54) is 0 Å². The summed E-state index contributed by atoms with van der Waals surface area (Å²) in [6.45, 7) is 0.520. The fourth-order valence-electron chi connectivity index (χ4n) is 3.12. The zero-order valence-electron chi connectivity index (χ0n) is 16.8. The number of anilines is 2. The lowest BCUT2D eigenvalue weighted by Crippen LogP contribution is -2.15. The zero-order valence-corrected chi connectivity index (χ0v) is 16.8. The second-order valence-corrected chi connectivity index (χ2v) is 7.13. The Labute approximate surface area is 171 Å². The van der Waals surface area contributed by atoms with Crippen LogP contribution in [0, 0.1) is 0 Å². The molecule has 29 heavy (non-hydrogen) atoms. The van der Waals surface area contributed by atoms with Crippen molar-refractivity contribution >= 4 is 17.3 Å². The normalized spacial score (nSPS) is 10.8. The highest BCUT2D eigenvalue weighted by atomic mass is 18.2. The highest BCUT2D eigenvalue weighted by Gasteiger charge is 2.11. The molecule has 0 fully saturated rings. The molecular weight excluding hydrogens is 364 g/mol. The van der Waals surface area contributed by atoms with Gasteiger partial charge in [-0.3, -0.25) is 4.79 Å². The second kappa shape index (κ2) is 9.85. The number of rotatable bonds is 8. The Balaban J connectivity index is 1.84. The van der Waals surface area contributed by atoms with Crippen LogP contribution in [0.15, 0.2) is 72.8 Å². The minimum atomic E-state index is -0.485. The molecule has 0 saturated carbocycles. The summed E-state index contributed by atoms with van der Waals surface area (Å²) in [7, 11) is 4.01. The average Bonchev–Trinajstić information content (AvgIpc) is 2.73. The summed E-state index contributed by atoms with van der Waals surface area (Å²) in [5.74, 6) is -0.199. The van der Waals surface area contributed by atoms with Crippen LogP contribution in [-0.4, -0.2) is 38.1 Å². The highest BCUT2D eigenvalue weighted by Crippen LogP contribution is 2.29. The molecule has 3 aromatic rings. The van der Waals surface area contributed by atoms with E-state index in [2.05, 4.69) is 15.5 Å². The first kappa shape index (κ1) is 20.6. The average molecular weight is 390 g/mol. The Morgan fingerprint density at radius 1 is 0.897 bits per heavy atom. The molecule has 4 nitrogen and oxygen atoms in total. The predicted octanol–water partition coefficient (Wildman–Crippen LogP) is 5.05. The number of hydrogen-bond acceptors (Lipinski definition) is 3. The molecule has 3 aromatic carbocycles. The van der Waals surface area contributed by atoms with Crippen molar-refractivity contribution in [2.45, 2.75) is 6.54 Å². The van der Waals surface area contributed by atoms with E-state index in [0.717, 1.165) is 23.2 Å². The lowest BCUT2D eigenvalue weighted by Gasteiger charge is -2.15. The molecule has 2 N–H and O–H groups in total. The van der Waals surface area contributed by atoms with Gasteiger partial charge in [0.2, 0.25) is 0 Å².